The third-order valence-corrected chi connectivity index (χ3v) is 4.56. The van der Waals surface area contributed by atoms with Crippen LogP contribution >= 0.6 is 0 Å². The predicted octanol–water partition coefficient (Wildman–Crippen LogP) is 3.73. The van der Waals surface area contributed by atoms with Crippen LogP contribution in [0.1, 0.15) is 41.7 Å². The number of benzene rings is 1. The molecular formula is C20H25N3O. The topological polar surface area (TPSA) is 36.4 Å². The summed E-state index contributed by atoms with van der Waals surface area (Å²) in [6.45, 7) is 2.51. The molecule has 0 radical (unpaired) electrons. The van der Waals surface area contributed by atoms with Crippen LogP contribution in [0.5, 0.6) is 0 Å². The molecule has 1 aromatic heterocycles. The molecule has 0 bridgehead atoms. The molecule has 4 nitrogen and oxygen atoms in total. The molecule has 1 aliphatic rings. The number of rotatable bonds is 4. The minimum Gasteiger partial charge on any atom is -0.370 e. The minimum atomic E-state index is 0.0619. The second-order valence-electron chi connectivity index (χ2n) is 6.45. The van der Waals surface area contributed by atoms with Gasteiger partial charge in [-0.15, -0.1) is 0 Å². The molecule has 2 aromatic rings. The Hall–Kier alpha value is -2.36. The fourth-order valence-electron chi connectivity index (χ4n) is 3.16. The first kappa shape index (κ1) is 16.5. The van der Waals surface area contributed by atoms with Crippen LogP contribution in [0.25, 0.3) is 0 Å². The van der Waals surface area contributed by atoms with Gasteiger partial charge in [-0.05, 0) is 30.5 Å². The molecule has 0 atom stereocenters. The van der Waals surface area contributed by atoms with Crippen LogP contribution in [0.4, 0.5) is 5.69 Å². The van der Waals surface area contributed by atoms with Gasteiger partial charge in [0.1, 0.15) is 5.69 Å². The van der Waals surface area contributed by atoms with Crippen LogP contribution in [0, 0.1) is 0 Å². The number of aromatic nitrogens is 1. The maximum atomic E-state index is 12.7. The van der Waals surface area contributed by atoms with Gasteiger partial charge in [0.15, 0.2) is 0 Å². The summed E-state index contributed by atoms with van der Waals surface area (Å²) in [5, 5.41) is 0. The lowest BCUT2D eigenvalue weighted by atomic mass is 10.2. The number of nitrogens with zero attached hydrogens (tertiary/aromatic N) is 3. The Morgan fingerprint density at radius 2 is 1.79 bits per heavy atom. The zero-order chi connectivity index (χ0) is 16.8. The summed E-state index contributed by atoms with van der Waals surface area (Å²) in [5.41, 5.74) is 2.82. The molecule has 0 unspecified atom stereocenters. The zero-order valence-electron chi connectivity index (χ0n) is 14.3. The second-order valence-corrected chi connectivity index (χ2v) is 6.45. The van der Waals surface area contributed by atoms with Gasteiger partial charge in [-0.1, -0.05) is 43.2 Å². The number of hydrogen-bond donors (Lipinski definition) is 0. The number of anilines is 1. The molecule has 24 heavy (non-hydrogen) atoms. The summed E-state index contributed by atoms with van der Waals surface area (Å²) in [6, 6.07) is 14.2. The molecule has 4 heteroatoms. The fourth-order valence-corrected chi connectivity index (χ4v) is 3.16. The predicted molar refractivity (Wildman–Crippen MR) is 97.2 cm³/mol. The van der Waals surface area contributed by atoms with E-state index in [1.54, 1.807) is 6.20 Å². The smallest absolute Gasteiger partial charge is 0.272 e. The highest BCUT2D eigenvalue weighted by molar-refractivity contribution is 5.93. The normalized spacial score (nSPS) is 15.0. The van der Waals surface area contributed by atoms with Crippen molar-refractivity contribution in [2.45, 2.75) is 32.2 Å². The summed E-state index contributed by atoms with van der Waals surface area (Å²) < 4.78 is 0. The van der Waals surface area contributed by atoms with Crippen LogP contribution in [0.2, 0.25) is 0 Å². The van der Waals surface area contributed by atoms with E-state index in [1.807, 2.05) is 42.3 Å². The van der Waals surface area contributed by atoms with Crippen LogP contribution in [-0.4, -0.2) is 35.9 Å². The molecule has 1 fully saturated rings. The van der Waals surface area contributed by atoms with Gasteiger partial charge in [0.25, 0.3) is 5.91 Å². The monoisotopic (exact) mass is 323 g/mol. The van der Waals surface area contributed by atoms with Gasteiger partial charge < -0.3 is 9.80 Å². The standard InChI is InChI=1S/C20H25N3O/c1-22(16-17-9-5-4-6-10-17)18-11-12-21-19(15-18)20(24)23-13-7-2-3-8-14-23/h4-6,9-12,15H,2-3,7-8,13-14,16H2,1H3. The number of pyridine rings is 1. The second kappa shape index (κ2) is 7.95. The van der Waals surface area contributed by atoms with Gasteiger partial charge in [-0.2, -0.15) is 0 Å². The van der Waals surface area contributed by atoms with E-state index in [1.165, 1.54) is 18.4 Å². The molecule has 0 aliphatic carbocycles. The van der Waals surface area contributed by atoms with Gasteiger partial charge in [0, 0.05) is 38.6 Å². The van der Waals surface area contributed by atoms with E-state index >= 15 is 0 Å². The zero-order valence-corrected chi connectivity index (χ0v) is 14.3. The van der Waals surface area contributed by atoms with Crippen molar-refractivity contribution in [2.75, 3.05) is 25.0 Å². The summed E-state index contributed by atoms with van der Waals surface area (Å²) in [6.07, 6.45) is 6.37. The van der Waals surface area contributed by atoms with E-state index in [4.69, 9.17) is 0 Å². The lowest BCUT2D eigenvalue weighted by Gasteiger charge is -2.22. The third-order valence-electron chi connectivity index (χ3n) is 4.56. The van der Waals surface area contributed by atoms with Crippen molar-refractivity contribution in [3.8, 4) is 0 Å². The number of amides is 1. The van der Waals surface area contributed by atoms with Gasteiger partial charge in [0.2, 0.25) is 0 Å². The maximum Gasteiger partial charge on any atom is 0.272 e. The SMILES string of the molecule is CN(Cc1ccccc1)c1ccnc(C(=O)N2CCCCCC2)c1. The van der Waals surface area contributed by atoms with Crippen molar-refractivity contribution in [1.82, 2.24) is 9.88 Å². The highest BCUT2D eigenvalue weighted by Gasteiger charge is 2.19. The Labute approximate surface area is 144 Å². The lowest BCUT2D eigenvalue weighted by molar-refractivity contribution is 0.0756. The molecule has 126 valence electrons. The number of likely N-dealkylation sites (tertiary alicyclic amines) is 1. The highest BCUT2D eigenvalue weighted by atomic mass is 16.2. The van der Waals surface area contributed by atoms with Crippen LogP contribution < -0.4 is 4.90 Å². The number of carbonyl (C=O) groups excluding carboxylic acids is 1. The number of hydrogen-bond acceptors (Lipinski definition) is 3. The van der Waals surface area contributed by atoms with Crippen molar-refractivity contribution in [1.29, 1.82) is 0 Å². The van der Waals surface area contributed by atoms with Gasteiger partial charge in [0.05, 0.1) is 0 Å². The average molecular weight is 323 g/mol. The molecule has 1 aromatic carbocycles. The van der Waals surface area contributed by atoms with Gasteiger partial charge in [-0.3, -0.25) is 9.78 Å². The summed E-state index contributed by atoms with van der Waals surface area (Å²) >= 11 is 0. The van der Waals surface area contributed by atoms with Crippen molar-refractivity contribution < 1.29 is 4.79 Å². The summed E-state index contributed by atoms with van der Waals surface area (Å²) in [7, 11) is 2.04. The van der Waals surface area contributed by atoms with E-state index in [0.717, 1.165) is 38.2 Å². The first-order valence-electron chi connectivity index (χ1n) is 8.74. The van der Waals surface area contributed by atoms with Crippen molar-refractivity contribution >= 4 is 11.6 Å². The molecule has 1 saturated heterocycles. The molecule has 1 amide bonds. The minimum absolute atomic E-state index is 0.0619. The molecule has 1 aliphatic heterocycles. The van der Waals surface area contributed by atoms with E-state index in [9.17, 15) is 4.79 Å². The average Bonchev–Trinajstić information content (AvgIpc) is 2.91. The van der Waals surface area contributed by atoms with E-state index in [-0.39, 0.29) is 5.91 Å². The molecule has 0 spiro atoms. The Kier molecular flexibility index (Phi) is 5.47. The van der Waals surface area contributed by atoms with Crippen LogP contribution in [0.3, 0.4) is 0 Å². The van der Waals surface area contributed by atoms with Crippen LogP contribution in [0.15, 0.2) is 48.7 Å². The Balaban J connectivity index is 1.72. The summed E-state index contributed by atoms with van der Waals surface area (Å²) in [4.78, 5) is 21.2. The molecular weight excluding hydrogens is 298 g/mol. The number of carbonyl (C=O) groups is 1. The van der Waals surface area contributed by atoms with E-state index < -0.39 is 0 Å². The van der Waals surface area contributed by atoms with Crippen molar-refractivity contribution in [3.63, 3.8) is 0 Å². The molecule has 3 rings (SSSR count). The van der Waals surface area contributed by atoms with E-state index in [0.29, 0.717) is 5.69 Å². The van der Waals surface area contributed by atoms with Crippen molar-refractivity contribution in [2.24, 2.45) is 0 Å². The molecule has 0 N–H and O–H groups in total. The largest absolute Gasteiger partial charge is 0.370 e. The Morgan fingerprint density at radius 3 is 2.50 bits per heavy atom. The van der Waals surface area contributed by atoms with Gasteiger partial charge >= 0.3 is 0 Å². The first-order valence-corrected chi connectivity index (χ1v) is 8.74. The fraction of sp³-hybridized carbons (Fsp3) is 0.400. The Bertz CT molecular complexity index is 664. The molecule has 2 heterocycles. The Morgan fingerprint density at radius 1 is 1.08 bits per heavy atom. The quantitative estimate of drug-likeness (QED) is 0.860. The van der Waals surface area contributed by atoms with Gasteiger partial charge in [-0.25, -0.2) is 0 Å². The maximum absolute atomic E-state index is 12.7. The third kappa shape index (κ3) is 4.13. The first-order chi connectivity index (χ1) is 11.7. The lowest BCUT2D eigenvalue weighted by Crippen LogP contribution is -2.32. The van der Waals surface area contributed by atoms with Crippen LogP contribution in [-0.2, 0) is 6.54 Å². The highest BCUT2D eigenvalue weighted by Crippen LogP contribution is 2.18. The van der Waals surface area contributed by atoms with E-state index in [2.05, 4.69) is 22.0 Å². The summed E-state index contributed by atoms with van der Waals surface area (Å²) in [5.74, 6) is 0.0619. The van der Waals surface area contributed by atoms with Crippen molar-refractivity contribution in [3.05, 3.63) is 59.9 Å². The molecule has 0 saturated carbocycles.